The van der Waals surface area contributed by atoms with E-state index in [0.717, 1.165) is 5.56 Å². The Bertz CT molecular complexity index is 730. The molecule has 0 radical (unpaired) electrons. The van der Waals surface area contributed by atoms with Crippen molar-refractivity contribution in [2.24, 2.45) is 0 Å². The maximum atomic E-state index is 12.6. The average Bonchev–Trinajstić information content (AvgIpc) is 2.90. The fourth-order valence-corrected chi connectivity index (χ4v) is 2.54. The van der Waals surface area contributed by atoms with Crippen LogP contribution in [0.2, 0.25) is 0 Å². The van der Waals surface area contributed by atoms with Gasteiger partial charge >= 0.3 is 0 Å². The maximum Gasteiger partial charge on any atom is 0.198 e. The molecule has 0 fully saturated rings. The van der Waals surface area contributed by atoms with Crippen molar-refractivity contribution >= 4 is 21.7 Å². The van der Waals surface area contributed by atoms with E-state index in [1.165, 1.54) is 0 Å². The highest BCUT2D eigenvalue weighted by atomic mass is 79.9. The Morgan fingerprint density at radius 1 is 0.900 bits per heavy atom. The number of benzene rings is 2. The molecule has 3 rings (SSSR count). The smallest absolute Gasteiger partial charge is 0.198 e. The van der Waals surface area contributed by atoms with Crippen molar-refractivity contribution in [2.75, 3.05) is 0 Å². The van der Waals surface area contributed by atoms with Crippen molar-refractivity contribution < 1.29 is 9.21 Å². The molecule has 1 aromatic heterocycles. The number of ketones is 1. The number of hydrogen-bond acceptors (Lipinski definition) is 2. The summed E-state index contributed by atoms with van der Waals surface area (Å²) in [7, 11) is 0. The first-order valence-corrected chi connectivity index (χ1v) is 6.99. The lowest BCUT2D eigenvalue weighted by molar-refractivity contribution is 0.103. The van der Waals surface area contributed by atoms with Gasteiger partial charge < -0.3 is 4.42 Å². The van der Waals surface area contributed by atoms with Crippen LogP contribution in [-0.4, -0.2) is 5.78 Å². The summed E-state index contributed by atoms with van der Waals surface area (Å²) in [5.74, 6) is 0.538. The van der Waals surface area contributed by atoms with E-state index < -0.39 is 0 Å². The van der Waals surface area contributed by atoms with Gasteiger partial charge in [-0.05, 0) is 15.9 Å². The van der Waals surface area contributed by atoms with E-state index in [0.29, 0.717) is 21.4 Å². The van der Waals surface area contributed by atoms with Crippen molar-refractivity contribution in [2.45, 2.75) is 0 Å². The molecule has 98 valence electrons. The second kappa shape index (κ2) is 5.47. The van der Waals surface area contributed by atoms with Gasteiger partial charge in [-0.25, -0.2) is 0 Å². The van der Waals surface area contributed by atoms with E-state index in [2.05, 4.69) is 15.9 Å². The van der Waals surface area contributed by atoms with E-state index in [1.54, 1.807) is 18.4 Å². The molecule has 2 aromatic carbocycles. The van der Waals surface area contributed by atoms with Gasteiger partial charge in [0, 0.05) is 11.1 Å². The zero-order valence-electron chi connectivity index (χ0n) is 10.5. The van der Waals surface area contributed by atoms with E-state index in [9.17, 15) is 4.79 Å². The monoisotopic (exact) mass is 326 g/mol. The molecular formula is C17H11BrO2. The maximum absolute atomic E-state index is 12.6. The van der Waals surface area contributed by atoms with E-state index in [1.807, 2.05) is 48.5 Å². The van der Waals surface area contributed by atoms with Crippen LogP contribution in [0.3, 0.4) is 0 Å². The third-order valence-electron chi connectivity index (χ3n) is 3.05. The average molecular weight is 327 g/mol. The van der Waals surface area contributed by atoms with Gasteiger partial charge in [0.05, 0.1) is 10.0 Å². The van der Waals surface area contributed by atoms with Gasteiger partial charge in [-0.15, -0.1) is 0 Å². The predicted octanol–water partition coefficient (Wildman–Crippen LogP) is 4.94. The van der Waals surface area contributed by atoms with Crippen LogP contribution in [0.5, 0.6) is 0 Å². The predicted molar refractivity (Wildman–Crippen MR) is 81.7 cm³/mol. The molecule has 0 aliphatic heterocycles. The van der Waals surface area contributed by atoms with Crippen molar-refractivity contribution in [1.29, 1.82) is 0 Å². The second-order valence-corrected chi connectivity index (χ2v) is 5.20. The summed E-state index contributed by atoms with van der Waals surface area (Å²) in [4.78, 5) is 12.6. The van der Waals surface area contributed by atoms with Crippen molar-refractivity contribution in [3.63, 3.8) is 0 Å². The third kappa shape index (κ3) is 2.32. The number of halogens is 1. The van der Waals surface area contributed by atoms with Crippen LogP contribution in [0.1, 0.15) is 15.9 Å². The zero-order chi connectivity index (χ0) is 13.9. The normalized spacial score (nSPS) is 10.4. The van der Waals surface area contributed by atoms with Crippen LogP contribution < -0.4 is 0 Å². The summed E-state index contributed by atoms with van der Waals surface area (Å²) in [6.45, 7) is 0. The molecular weight excluding hydrogens is 316 g/mol. The first-order valence-electron chi connectivity index (χ1n) is 6.19. The molecule has 0 aliphatic rings. The Kier molecular flexibility index (Phi) is 3.52. The molecule has 0 unspecified atom stereocenters. The minimum absolute atomic E-state index is 0.0509. The topological polar surface area (TPSA) is 30.2 Å². The lowest BCUT2D eigenvalue weighted by Gasteiger charge is -2.03. The SMILES string of the molecule is O=C(c1ccccc1)c1c(Br)coc1-c1ccccc1. The Morgan fingerprint density at radius 3 is 2.15 bits per heavy atom. The van der Waals surface area contributed by atoms with Crippen LogP contribution in [0.4, 0.5) is 0 Å². The summed E-state index contributed by atoms with van der Waals surface area (Å²) in [5.41, 5.74) is 2.09. The lowest BCUT2D eigenvalue weighted by atomic mass is 10.0. The quantitative estimate of drug-likeness (QED) is 0.638. The number of furan rings is 1. The molecule has 0 amide bonds. The highest BCUT2D eigenvalue weighted by Crippen LogP contribution is 2.33. The Morgan fingerprint density at radius 2 is 1.50 bits per heavy atom. The molecule has 0 saturated carbocycles. The minimum atomic E-state index is -0.0509. The summed E-state index contributed by atoms with van der Waals surface area (Å²) in [6.07, 6.45) is 1.55. The van der Waals surface area contributed by atoms with Crippen LogP contribution in [0.15, 0.2) is 75.8 Å². The summed E-state index contributed by atoms with van der Waals surface area (Å²) in [6, 6.07) is 18.8. The number of rotatable bonds is 3. The molecule has 0 atom stereocenters. The first-order chi connectivity index (χ1) is 9.77. The van der Waals surface area contributed by atoms with Crippen LogP contribution in [0.25, 0.3) is 11.3 Å². The summed E-state index contributed by atoms with van der Waals surface area (Å²) >= 11 is 3.40. The molecule has 0 saturated heterocycles. The van der Waals surface area contributed by atoms with E-state index in [-0.39, 0.29) is 5.78 Å². The number of carbonyl (C=O) groups is 1. The molecule has 0 aliphatic carbocycles. The van der Waals surface area contributed by atoms with Gasteiger partial charge in [0.2, 0.25) is 0 Å². The fraction of sp³-hybridized carbons (Fsp3) is 0. The molecule has 3 aromatic rings. The van der Waals surface area contributed by atoms with Gasteiger partial charge in [0.25, 0.3) is 0 Å². The minimum Gasteiger partial charge on any atom is -0.462 e. The van der Waals surface area contributed by atoms with Crippen molar-refractivity contribution in [1.82, 2.24) is 0 Å². The summed E-state index contributed by atoms with van der Waals surface area (Å²) < 4.78 is 6.23. The second-order valence-electron chi connectivity index (χ2n) is 4.35. The van der Waals surface area contributed by atoms with Crippen molar-refractivity contribution in [3.8, 4) is 11.3 Å². The van der Waals surface area contributed by atoms with Gasteiger partial charge in [-0.3, -0.25) is 4.79 Å². The molecule has 0 N–H and O–H groups in total. The van der Waals surface area contributed by atoms with Gasteiger partial charge in [0.15, 0.2) is 5.78 Å². The number of carbonyl (C=O) groups excluding carboxylic acids is 1. The largest absolute Gasteiger partial charge is 0.462 e. The van der Waals surface area contributed by atoms with Gasteiger partial charge in [-0.1, -0.05) is 60.7 Å². The fourth-order valence-electron chi connectivity index (χ4n) is 2.08. The Labute approximate surface area is 125 Å². The van der Waals surface area contributed by atoms with Gasteiger partial charge in [-0.2, -0.15) is 0 Å². The molecule has 0 bridgehead atoms. The molecule has 0 spiro atoms. The number of hydrogen-bond donors (Lipinski definition) is 0. The van der Waals surface area contributed by atoms with E-state index >= 15 is 0 Å². The molecule has 1 heterocycles. The lowest BCUT2D eigenvalue weighted by Crippen LogP contribution is -2.02. The standard InChI is InChI=1S/C17H11BrO2/c18-14-11-20-17(13-9-5-2-6-10-13)15(14)16(19)12-7-3-1-4-8-12/h1-11H. The highest BCUT2D eigenvalue weighted by molar-refractivity contribution is 9.10. The Balaban J connectivity index is 2.11. The van der Waals surface area contributed by atoms with Crippen molar-refractivity contribution in [3.05, 3.63) is 82.5 Å². The van der Waals surface area contributed by atoms with Crippen LogP contribution in [0, 0.1) is 0 Å². The molecule has 3 heteroatoms. The zero-order valence-corrected chi connectivity index (χ0v) is 12.1. The first kappa shape index (κ1) is 12.9. The van der Waals surface area contributed by atoms with Crippen LogP contribution in [-0.2, 0) is 0 Å². The Hall–Kier alpha value is -2.13. The van der Waals surface area contributed by atoms with E-state index in [4.69, 9.17) is 4.42 Å². The van der Waals surface area contributed by atoms with Crippen LogP contribution >= 0.6 is 15.9 Å². The summed E-state index contributed by atoms with van der Waals surface area (Å²) in [5, 5.41) is 0. The molecule has 20 heavy (non-hydrogen) atoms. The highest BCUT2D eigenvalue weighted by Gasteiger charge is 2.21. The molecule has 2 nitrogen and oxygen atoms in total. The van der Waals surface area contributed by atoms with Gasteiger partial charge in [0.1, 0.15) is 12.0 Å². The third-order valence-corrected chi connectivity index (χ3v) is 3.63.